The molecule has 1 heterocycles. The highest BCUT2D eigenvalue weighted by molar-refractivity contribution is 9.10. The Morgan fingerprint density at radius 1 is 1.40 bits per heavy atom. The number of rotatable bonds is 3. The molecule has 0 saturated heterocycles. The van der Waals surface area contributed by atoms with Gasteiger partial charge in [0.25, 0.3) is 0 Å². The maximum atomic E-state index is 6.28. The van der Waals surface area contributed by atoms with Crippen LogP contribution in [0, 0.1) is 5.92 Å². The summed E-state index contributed by atoms with van der Waals surface area (Å²) < 4.78 is 6.66. The van der Waals surface area contributed by atoms with Crippen molar-refractivity contribution in [1.82, 2.24) is 9.97 Å². The molecule has 3 nitrogen and oxygen atoms in total. The maximum absolute atomic E-state index is 6.28. The van der Waals surface area contributed by atoms with Crippen LogP contribution in [0.3, 0.4) is 0 Å². The van der Waals surface area contributed by atoms with E-state index in [0.29, 0.717) is 17.0 Å². The Hall–Kier alpha value is -0.190. The first-order chi connectivity index (χ1) is 9.39. The molecule has 1 saturated carbocycles. The monoisotopic (exact) mass is 360 g/mol. The van der Waals surface area contributed by atoms with Crippen molar-refractivity contribution in [2.24, 2.45) is 5.92 Å². The molecule has 5 heteroatoms. The Labute approximate surface area is 134 Å². The lowest BCUT2D eigenvalue weighted by molar-refractivity contribution is -0.0648. The zero-order valence-electron chi connectivity index (χ0n) is 12.5. The smallest absolute Gasteiger partial charge is 0.162 e. The van der Waals surface area contributed by atoms with E-state index in [1.165, 1.54) is 6.42 Å². The molecule has 0 bridgehead atoms. The lowest BCUT2D eigenvalue weighted by Crippen LogP contribution is -2.36. The van der Waals surface area contributed by atoms with Crippen molar-refractivity contribution in [2.45, 2.75) is 58.0 Å². The Balaban J connectivity index is 2.49. The van der Waals surface area contributed by atoms with Crippen molar-refractivity contribution < 1.29 is 4.74 Å². The van der Waals surface area contributed by atoms with Crippen molar-refractivity contribution in [3.05, 3.63) is 21.1 Å². The second-order valence-electron chi connectivity index (χ2n) is 6.09. The number of hydrogen-bond acceptors (Lipinski definition) is 3. The fraction of sp³-hybridized carbons (Fsp3) is 0.733. The van der Waals surface area contributed by atoms with Gasteiger partial charge in [-0.3, -0.25) is 0 Å². The molecule has 0 spiro atoms. The summed E-state index contributed by atoms with van der Waals surface area (Å²) >= 11 is 9.78. The first-order valence-electron chi connectivity index (χ1n) is 7.18. The average Bonchev–Trinajstić information content (AvgIpc) is 2.41. The van der Waals surface area contributed by atoms with E-state index in [2.05, 4.69) is 41.7 Å². The van der Waals surface area contributed by atoms with Crippen LogP contribution in [0.1, 0.15) is 63.9 Å². The molecule has 0 amide bonds. The Bertz CT molecular complexity index is 495. The van der Waals surface area contributed by atoms with Crippen LogP contribution < -0.4 is 0 Å². The van der Waals surface area contributed by atoms with Crippen molar-refractivity contribution in [1.29, 1.82) is 0 Å². The number of ether oxygens (including phenoxy) is 1. The molecule has 0 aliphatic heterocycles. The molecule has 2 rings (SSSR count). The molecule has 1 fully saturated rings. The minimum Gasteiger partial charge on any atom is -0.370 e. The van der Waals surface area contributed by atoms with Gasteiger partial charge >= 0.3 is 0 Å². The molecule has 1 aliphatic rings. The van der Waals surface area contributed by atoms with Crippen LogP contribution >= 0.6 is 27.5 Å². The zero-order chi connectivity index (χ0) is 14.9. The third-order valence-corrected chi connectivity index (χ3v) is 5.42. The standard InChI is InChI=1S/C15H22BrClN2O/c1-9(2)12-11(16)13(17)19-14(18-12)15(20-4)7-5-6-10(3)8-15/h9-10H,5-8H2,1-4H3. The summed E-state index contributed by atoms with van der Waals surface area (Å²) in [5.41, 5.74) is 0.570. The van der Waals surface area contributed by atoms with Crippen LogP contribution in [-0.4, -0.2) is 17.1 Å². The normalized spacial score (nSPS) is 27.1. The highest BCUT2D eigenvalue weighted by atomic mass is 79.9. The largest absolute Gasteiger partial charge is 0.370 e. The third kappa shape index (κ3) is 3.02. The molecular weight excluding hydrogens is 340 g/mol. The number of aromatic nitrogens is 2. The summed E-state index contributed by atoms with van der Waals surface area (Å²) in [7, 11) is 1.76. The summed E-state index contributed by atoms with van der Waals surface area (Å²) in [6, 6.07) is 0. The van der Waals surface area contributed by atoms with Crippen LogP contribution in [0.25, 0.3) is 0 Å². The van der Waals surface area contributed by atoms with E-state index in [1.807, 2.05) is 0 Å². The van der Waals surface area contributed by atoms with Gasteiger partial charge in [0.05, 0.1) is 10.2 Å². The van der Waals surface area contributed by atoms with Gasteiger partial charge in [0.15, 0.2) is 5.82 Å². The minimum atomic E-state index is -0.383. The molecule has 0 aromatic carbocycles. The molecule has 1 aliphatic carbocycles. The van der Waals surface area contributed by atoms with E-state index in [0.717, 1.165) is 35.3 Å². The van der Waals surface area contributed by atoms with Gasteiger partial charge in [-0.1, -0.05) is 38.8 Å². The Kier molecular flexibility index (Phi) is 5.09. The van der Waals surface area contributed by atoms with Gasteiger partial charge in [0.2, 0.25) is 0 Å². The maximum Gasteiger partial charge on any atom is 0.162 e. The summed E-state index contributed by atoms with van der Waals surface area (Å²) in [5.74, 6) is 1.65. The first kappa shape index (κ1) is 16.2. The summed E-state index contributed by atoms with van der Waals surface area (Å²) in [4.78, 5) is 9.27. The number of nitrogens with zero attached hydrogens (tertiary/aromatic N) is 2. The molecule has 2 unspecified atom stereocenters. The van der Waals surface area contributed by atoms with Gasteiger partial charge in [-0.2, -0.15) is 0 Å². The Morgan fingerprint density at radius 3 is 2.65 bits per heavy atom. The number of hydrogen-bond donors (Lipinski definition) is 0. The van der Waals surface area contributed by atoms with Gasteiger partial charge in [-0.15, -0.1) is 0 Å². The predicted molar refractivity (Wildman–Crippen MR) is 85.2 cm³/mol. The average molecular weight is 362 g/mol. The lowest BCUT2D eigenvalue weighted by atomic mass is 9.78. The van der Waals surface area contributed by atoms with Crippen LogP contribution in [-0.2, 0) is 10.3 Å². The Morgan fingerprint density at radius 2 is 2.10 bits per heavy atom. The molecule has 0 N–H and O–H groups in total. The zero-order valence-corrected chi connectivity index (χ0v) is 14.9. The van der Waals surface area contributed by atoms with Gasteiger partial charge < -0.3 is 4.74 Å². The summed E-state index contributed by atoms with van der Waals surface area (Å²) in [6.45, 7) is 6.48. The van der Waals surface area contributed by atoms with E-state index < -0.39 is 0 Å². The second kappa shape index (κ2) is 6.29. The van der Waals surface area contributed by atoms with Crippen molar-refractivity contribution >= 4 is 27.5 Å². The molecule has 112 valence electrons. The highest BCUT2D eigenvalue weighted by Crippen LogP contribution is 2.42. The second-order valence-corrected chi connectivity index (χ2v) is 7.24. The first-order valence-corrected chi connectivity index (χ1v) is 8.35. The summed E-state index contributed by atoms with van der Waals surface area (Å²) in [5, 5.41) is 0.480. The highest BCUT2D eigenvalue weighted by Gasteiger charge is 2.40. The molecular formula is C15H22BrClN2O. The van der Waals surface area contributed by atoms with Crippen molar-refractivity contribution in [3.63, 3.8) is 0 Å². The van der Waals surface area contributed by atoms with E-state index in [1.54, 1.807) is 7.11 Å². The molecule has 20 heavy (non-hydrogen) atoms. The molecule has 0 radical (unpaired) electrons. The van der Waals surface area contributed by atoms with Crippen molar-refractivity contribution in [2.75, 3.05) is 7.11 Å². The van der Waals surface area contributed by atoms with Gasteiger partial charge in [-0.25, -0.2) is 9.97 Å². The number of methoxy groups -OCH3 is 1. The predicted octanol–water partition coefficient (Wildman–Crippen LogP) is 5.07. The van der Waals surface area contributed by atoms with E-state index >= 15 is 0 Å². The van der Waals surface area contributed by atoms with Gasteiger partial charge in [-0.05, 0) is 47.0 Å². The molecule has 2 atom stereocenters. The van der Waals surface area contributed by atoms with Crippen LogP contribution in [0.5, 0.6) is 0 Å². The fourth-order valence-electron chi connectivity index (χ4n) is 3.01. The van der Waals surface area contributed by atoms with Crippen LogP contribution in [0.4, 0.5) is 0 Å². The van der Waals surface area contributed by atoms with Crippen molar-refractivity contribution in [3.8, 4) is 0 Å². The van der Waals surface area contributed by atoms with Gasteiger partial charge in [0.1, 0.15) is 10.8 Å². The van der Waals surface area contributed by atoms with E-state index in [4.69, 9.17) is 21.3 Å². The number of halogens is 2. The molecule has 1 aromatic rings. The fourth-order valence-corrected chi connectivity index (χ4v) is 3.82. The third-order valence-electron chi connectivity index (χ3n) is 4.14. The van der Waals surface area contributed by atoms with E-state index in [9.17, 15) is 0 Å². The lowest BCUT2D eigenvalue weighted by Gasteiger charge is -2.37. The van der Waals surface area contributed by atoms with Gasteiger partial charge in [0, 0.05) is 7.11 Å². The summed E-state index contributed by atoms with van der Waals surface area (Å²) in [6.07, 6.45) is 4.30. The van der Waals surface area contributed by atoms with Crippen LogP contribution in [0.2, 0.25) is 5.15 Å². The molecule has 1 aromatic heterocycles. The minimum absolute atomic E-state index is 0.290. The quantitative estimate of drug-likeness (QED) is 0.705. The topological polar surface area (TPSA) is 35.0 Å². The van der Waals surface area contributed by atoms with Crippen LogP contribution in [0.15, 0.2) is 4.47 Å². The van der Waals surface area contributed by atoms with E-state index in [-0.39, 0.29) is 5.60 Å². The SMILES string of the molecule is COC1(c2nc(Cl)c(Br)c(C(C)C)n2)CCCC(C)C1.